The molecule has 0 aliphatic heterocycles. The zero-order valence-electron chi connectivity index (χ0n) is 10.1. The summed E-state index contributed by atoms with van der Waals surface area (Å²) in [6.45, 7) is 4.32. The van der Waals surface area contributed by atoms with Gasteiger partial charge in [-0.2, -0.15) is 0 Å². The lowest BCUT2D eigenvalue weighted by molar-refractivity contribution is 0.193. The van der Waals surface area contributed by atoms with E-state index in [2.05, 4.69) is 5.32 Å². The Morgan fingerprint density at radius 3 is 2.35 bits per heavy atom. The number of benzene rings is 1. The molecule has 92 valence electrons. The first kappa shape index (κ1) is 13.0. The first-order valence-corrected chi connectivity index (χ1v) is 5.45. The average molecular weight is 235 g/mol. The van der Waals surface area contributed by atoms with E-state index in [0.29, 0.717) is 6.54 Å². The smallest absolute Gasteiger partial charge is 0.325 e. The van der Waals surface area contributed by atoms with Crippen LogP contribution in [0.25, 0.3) is 0 Å². The lowest BCUT2D eigenvalue weighted by Gasteiger charge is -2.16. The molecular weight excluding hydrogens is 218 g/mol. The van der Waals surface area contributed by atoms with Gasteiger partial charge in [0.15, 0.2) is 0 Å². The number of urea groups is 2. The second-order valence-electron chi connectivity index (χ2n) is 3.73. The van der Waals surface area contributed by atoms with Crippen LogP contribution >= 0.6 is 0 Å². The maximum Gasteiger partial charge on any atom is 0.325 e. The Morgan fingerprint density at radius 2 is 1.88 bits per heavy atom. The van der Waals surface area contributed by atoms with Crippen LogP contribution in [0.2, 0.25) is 0 Å². The van der Waals surface area contributed by atoms with Gasteiger partial charge in [-0.15, -0.1) is 0 Å². The summed E-state index contributed by atoms with van der Waals surface area (Å²) >= 11 is 0. The first-order valence-electron chi connectivity index (χ1n) is 5.45. The molecule has 17 heavy (non-hydrogen) atoms. The van der Waals surface area contributed by atoms with Gasteiger partial charge in [0.1, 0.15) is 0 Å². The summed E-state index contributed by atoms with van der Waals surface area (Å²) in [6, 6.07) is 6.57. The van der Waals surface area contributed by atoms with Gasteiger partial charge >= 0.3 is 12.1 Å². The van der Waals surface area contributed by atoms with Crippen molar-refractivity contribution in [2.24, 2.45) is 5.73 Å². The fourth-order valence-electron chi connectivity index (χ4n) is 1.38. The van der Waals surface area contributed by atoms with Crippen LogP contribution in [0, 0.1) is 6.92 Å². The number of carbonyl (C=O) groups is 2. The van der Waals surface area contributed by atoms with Gasteiger partial charge in [0.25, 0.3) is 0 Å². The summed E-state index contributed by atoms with van der Waals surface area (Å²) in [7, 11) is 0. The second kappa shape index (κ2) is 5.89. The van der Waals surface area contributed by atoms with Crippen LogP contribution in [-0.2, 0) is 6.54 Å². The van der Waals surface area contributed by atoms with Crippen LogP contribution in [0.1, 0.15) is 18.1 Å². The molecule has 5 nitrogen and oxygen atoms in total. The Morgan fingerprint density at radius 1 is 1.29 bits per heavy atom. The second-order valence-corrected chi connectivity index (χ2v) is 3.73. The quantitative estimate of drug-likeness (QED) is 0.835. The van der Waals surface area contributed by atoms with Crippen molar-refractivity contribution >= 4 is 12.1 Å². The molecule has 1 rings (SSSR count). The minimum Gasteiger partial charge on any atom is -0.351 e. The molecular formula is C12H17N3O2. The van der Waals surface area contributed by atoms with E-state index in [0.717, 1.165) is 16.0 Å². The number of nitrogens with one attached hydrogen (secondary N) is 1. The zero-order chi connectivity index (χ0) is 12.8. The van der Waals surface area contributed by atoms with Crippen LogP contribution in [0.5, 0.6) is 0 Å². The van der Waals surface area contributed by atoms with Crippen LogP contribution in [0.4, 0.5) is 9.59 Å². The summed E-state index contributed by atoms with van der Waals surface area (Å²) in [5.74, 6) is 0. The molecule has 5 heteroatoms. The maximum absolute atomic E-state index is 11.6. The highest BCUT2D eigenvalue weighted by Crippen LogP contribution is 2.02. The number of amides is 4. The number of carbonyl (C=O) groups excluding carboxylic acids is 2. The summed E-state index contributed by atoms with van der Waals surface area (Å²) < 4.78 is 0. The molecule has 0 saturated carbocycles. The van der Waals surface area contributed by atoms with E-state index in [1.807, 2.05) is 31.2 Å². The number of imide groups is 1. The third-order valence-corrected chi connectivity index (χ3v) is 2.39. The van der Waals surface area contributed by atoms with Crippen molar-refractivity contribution in [1.82, 2.24) is 10.2 Å². The van der Waals surface area contributed by atoms with Crippen molar-refractivity contribution in [2.75, 3.05) is 6.54 Å². The van der Waals surface area contributed by atoms with E-state index < -0.39 is 12.1 Å². The van der Waals surface area contributed by atoms with Crippen molar-refractivity contribution in [1.29, 1.82) is 0 Å². The Labute approximate surface area is 101 Å². The monoisotopic (exact) mass is 235 g/mol. The number of nitrogens with two attached hydrogens (primary N) is 1. The molecule has 1 aromatic rings. The minimum absolute atomic E-state index is 0.259. The zero-order valence-corrected chi connectivity index (χ0v) is 10.1. The Kier molecular flexibility index (Phi) is 4.51. The van der Waals surface area contributed by atoms with Crippen LogP contribution < -0.4 is 11.1 Å². The topological polar surface area (TPSA) is 75.4 Å². The fraction of sp³-hybridized carbons (Fsp3) is 0.333. The number of hydrogen-bond donors (Lipinski definition) is 2. The molecule has 3 N–H and O–H groups in total. The molecule has 0 bridgehead atoms. The maximum atomic E-state index is 11.6. The molecule has 0 atom stereocenters. The normalized spacial score (nSPS) is 9.76. The molecule has 0 saturated heterocycles. The number of rotatable bonds is 3. The fourth-order valence-corrected chi connectivity index (χ4v) is 1.38. The van der Waals surface area contributed by atoms with Gasteiger partial charge in [0.2, 0.25) is 0 Å². The van der Waals surface area contributed by atoms with Gasteiger partial charge in [-0.1, -0.05) is 29.8 Å². The van der Waals surface area contributed by atoms with E-state index in [1.54, 1.807) is 6.92 Å². The summed E-state index contributed by atoms with van der Waals surface area (Å²) in [5, 5.41) is 2.64. The van der Waals surface area contributed by atoms with Gasteiger partial charge in [-0.25, -0.2) is 14.5 Å². The highest BCUT2D eigenvalue weighted by Gasteiger charge is 2.15. The van der Waals surface area contributed by atoms with Gasteiger partial charge < -0.3 is 11.1 Å². The lowest BCUT2D eigenvalue weighted by atomic mass is 10.1. The number of aryl methyl sites for hydroxylation is 1. The molecule has 0 fully saturated rings. The number of primary amides is 1. The number of hydrogen-bond acceptors (Lipinski definition) is 2. The van der Waals surface area contributed by atoms with Gasteiger partial charge in [-0.05, 0) is 19.4 Å². The Hall–Kier alpha value is -2.04. The first-order chi connectivity index (χ1) is 8.04. The van der Waals surface area contributed by atoms with Crippen LogP contribution in [0.3, 0.4) is 0 Å². The van der Waals surface area contributed by atoms with Crippen molar-refractivity contribution in [2.45, 2.75) is 20.4 Å². The van der Waals surface area contributed by atoms with E-state index in [4.69, 9.17) is 5.73 Å². The van der Waals surface area contributed by atoms with Crippen molar-refractivity contribution in [3.8, 4) is 0 Å². The van der Waals surface area contributed by atoms with Crippen LogP contribution in [0.15, 0.2) is 24.3 Å². The van der Waals surface area contributed by atoms with E-state index >= 15 is 0 Å². The predicted octanol–water partition coefficient (Wildman–Crippen LogP) is 1.61. The predicted molar refractivity (Wildman–Crippen MR) is 65.4 cm³/mol. The molecule has 0 radical (unpaired) electrons. The Balaban J connectivity index is 2.53. The van der Waals surface area contributed by atoms with Crippen molar-refractivity contribution in [3.05, 3.63) is 35.4 Å². The summed E-state index contributed by atoms with van der Waals surface area (Å²) in [4.78, 5) is 23.4. The standard InChI is InChI=1S/C12H17N3O2/c1-3-15(11(13)16)12(17)14-8-10-6-4-9(2)5-7-10/h4-7H,3,8H2,1-2H3,(H2,13,16)(H,14,17). The van der Waals surface area contributed by atoms with Crippen molar-refractivity contribution < 1.29 is 9.59 Å². The van der Waals surface area contributed by atoms with Gasteiger partial charge in [0, 0.05) is 13.1 Å². The third kappa shape index (κ3) is 3.79. The van der Waals surface area contributed by atoms with Crippen LogP contribution in [-0.4, -0.2) is 23.5 Å². The molecule has 1 aromatic carbocycles. The SMILES string of the molecule is CCN(C(N)=O)C(=O)NCc1ccc(C)cc1. The highest BCUT2D eigenvalue weighted by molar-refractivity contribution is 5.92. The molecule has 0 spiro atoms. The molecule has 0 aliphatic rings. The van der Waals surface area contributed by atoms with E-state index in [-0.39, 0.29) is 6.54 Å². The lowest BCUT2D eigenvalue weighted by Crippen LogP contribution is -2.46. The average Bonchev–Trinajstić information content (AvgIpc) is 2.28. The highest BCUT2D eigenvalue weighted by atomic mass is 16.2. The van der Waals surface area contributed by atoms with Crippen molar-refractivity contribution in [3.63, 3.8) is 0 Å². The third-order valence-electron chi connectivity index (χ3n) is 2.39. The molecule has 4 amide bonds. The molecule has 0 aliphatic carbocycles. The summed E-state index contributed by atoms with van der Waals surface area (Å²) in [6.07, 6.45) is 0. The Bertz CT molecular complexity index is 401. The molecule has 0 aromatic heterocycles. The number of nitrogens with zero attached hydrogens (tertiary/aromatic N) is 1. The molecule has 0 unspecified atom stereocenters. The molecule has 0 heterocycles. The minimum atomic E-state index is -0.742. The largest absolute Gasteiger partial charge is 0.351 e. The summed E-state index contributed by atoms with van der Waals surface area (Å²) in [5.41, 5.74) is 7.20. The van der Waals surface area contributed by atoms with Gasteiger partial charge in [0.05, 0.1) is 0 Å². The van der Waals surface area contributed by atoms with E-state index in [1.165, 1.54) is 0 Å². The van der Waals surface area contributed by atoms with E-state index in [9.17, 15) is 9.59 Å². The van der Waals surface area contributed by atoms with Gasteiger partial charge in [-0.3, -0.25) is 0 Å².